The van der Waals surface area contributed by atoms with Crippen LogP contribution in [-0.2, 0) is 20.7 Å². The lowest BCUT2D eigenvalue weighted by molar-refractivity contribution is -0.147. The Morgan fingerprint density at radius 3 is 2.54 bits per heavy atom. The van der Waals surface area contributed by atoms with Crippen LogP contribution < -0.4 is 10.1 Å². The van der Waals surface area contributed by atoms with Crippen LogP contribution in [0.4, 0.5) is 5.69 Å². The Bertz CT molecular complexity index is 703. The first-order valence-corrected chi connectivity index (χ1v) is 7.79. The van der Waals surface area contributed by atoms with Gasteiger partial charge in [-0.15, -0.1) is 0 Å². The SMILES string of the molecule is COc1ccc(NC(=O)COC(=O)CCc2ccccc2)cc1Cl. The number of aryl methyl sites for hydroxylation is 1. The van der Waals surface area contributed by atoms with Gasteiger partial charge in [0.1, 0.15) is 5.75 Å². The highest BCUT2D eigenvalue weighted by molar-refractivity contribution is 6.32. The fourth-order valence-corrected chi connectivity index (χ4v) is 2.31. The molecule has 0 aliphatic heterocycles. The normalized spacial score (nSPS) is 10.1. The zero-order chi connectivity index (χ0) is 17.4. The molecule has 0 saturated carbocycles. The summed E-state index contributed by atoms with van der Waals surface area (Å²) in [6.45, 7) is -0.336. The summed E-state index contributed by atoms with van der Waals surface area (Å²) in [5.41, 5.74) is 1.55. The van der Waals surface area contributed by atoms with Crippen molar-refractivity contribution < 1.29 is 19.1 Å². The fourth-order valence-electron chi connectivity index (χ4n) is 2.05. The Labute approximate surface area is 145 Å². The lowest BCUT2D eigenvalue weighted by atomic mass is 10.1. The first kappa shape index (κ1) is 17.8. The molecule has 2 rings (SSSR count). The van der Waals surface area contributed by atoms with Crippen molar-refractivity contribution in [3.8, 4) is 5.75 Å². The van der Waals surface area contributed by atoms with Crippen molar-refractivity contribution in [2.45, 2.75) is 12.8 Å². The van der Waals surface area contributed by atoms with Crippen molar-refractivity contribution in [2.24, 2.45) is 0 Å². The average Bonchev–Trinajstić information content (AvgIpc) is 2.59. The molecule has 126 valence electrons. The summed E-state index contributed by atoms with van der Waals surface area (Å²) in [5.74, 6) is -0.326. The number of rotatable bonds is 7. The number of ether oxygens (including phenoxy) is 2. The van der Waals surface area contributed by atoms with Gasteiger partial charge in [0.15, 0.2) is 6.61 Å². The third-order valence-electron chi connectivity index (χ3n) is 3.26. The van der Waals surface area contributed by atoms with E-state index < -0.39 is 11.9 Å². The van der Waals surface area contributed by atoms with Crippen LogP contribution in [0.2, 0.25) is 5.02 Å². The van der Waals surface area contributed by atoms with Gasteiger partial charge in [-0.1, -0.05) is 41.9 Å². The second-order valence-corrected chi connectivity index (χ2v) is 5.45. The first-order valence-electron chi connectivity index (χ1n) is 7.41. The minimum absolute atomic E-state index is 0.228. The summed E-state index contributed by atoms with van der Waals surface area (Å²) in [5, 5.41) is 2.99. The molecule has 1 N–H and O–H groups in total. The monoisotopic (exact) mass is 347 g/mol. The minimum atomic E-state index is -0.427. The highest BCUT2D eigenvalue weighted by Gasteiger charge is 2.09. The highest BCUT2D eigenvalue weighted by atomic mass is 35.5. The standard InChI is InChI=1S/C18H18ClNO4/c1-23-16-9-8-14(11-15(16)19)20-17(21)12-24-18(22)10-7-13-5-3-2-4-6-13/h2-6,8-9,11H,7,10,12H2,1H3,(H,20,21). The molecule has 6 heteroatoms. The number of methoxy groups -OCH3 is 1. The molecule has 1 amide bonds. The van der Waals surface area contributed by atoms with Crippen LogP contribution in [0.3, 0.4) is 0 Å². The van der Waals surface area contributed by atoms with Crippen molar-refractivity contribution in [3.63, 3.8) is 0 Å². The molecule has 0 saturated heterocycles. The zero-order valence-electron chi connectivity index (χ0n) is 13.3. The molecule has 24 heavy (non-hydrogen) atoms. The predicted octanol–water partition coefficient (Wildman–Crippen LogP) is 3.46. The van der Waals surface area contributed by atoms with E-state index in [0.29, 0.717) is 22.9 Å². The molecule has 0 radical (unpaired) electrons. The van der Waals surface area contributed by atoms with Crippen LogP contribution in [-0.4, -0.2) is 25.6 Å². The van der Waals surface area contributed by atoms with E-state index in [1.54, 1.807) is 18.2 Å². The van der Waals surface area contributed by atoms with Crippen LogP contribution in [0.15, 0.2) is 48.5 Å². The second kappa shape index (κ2) is 8.93. The van der Waals surface area contributed by atoms with Gasteiger partial charge in [0.25, 0.3) is 5.91 Å². The predicted molar refractivity (Wildman–Crippen MR) is 92.4 cm³/mol. The van der Waals surface area contributed by atoms with E-state index in [4.69, 9.17) is 21.1 Å². The van der Waals surface area contributed by atoms with E-state index in [-0.39, 0.29) is 13.0 Å². The van der Waals surface area contributed by atoms with Crippen LogP contribution >= 0.6 is 11.6 Å². The third kappa shape index (κ3) is 5.59. The molecule has 0 aliphatic carbocycles. The maximum atomic E-state index is 11.8. The summed E-state index contributed by atoms with van der Waals surface area (Å²) < 4.78 is 10.00. The largest absolute Gasteiger partial charge is 0.495 e. The van der Waals surface area contributed by atoms with Crippen molar-refractivity contribution in [2.75, 3.05) is 19.0 Å². The molecule has 0 fully saturated rings. The molecule has 0 bridgehead atoms. The number of amides is 1. The Hall–Kier alpha value is -2.53. The average molecular weight is 348 g/mol. The molecule has 0 spiro atoms. The summed E-state index contributed by atoms with van der Waals surface area (Å²) in [4.78, 5) is 23.5. The molecule has 0 unspecified atom stereocenters. The minimum Gasteiger partial charge on any atom is -0.495 e. The van der Waals surface area contributed by atoms with Gasteiger partial charge in [0.2, 0.25) is 0 Å². The molecular weight excluding hydrogens is 330 g/mol. The van der Waals surface area contributed by atoms with Crippen LogP contribution in [0.25, 0.3) is 0 Å². The van der Waals surface area contributed by atoms with Crippen molar-refractivity contribution in [1.82, 2.24) is 0 Å². The van der Waals surface area contributed by atoms with Crippen molar-refractivity contribution >= 4 is 29.2 Å². The van der Waals surface area contributed by atoms with Crippen LogP contribution in [0.5, 0.6) is 5.75 Å². The smallest absolute Gasteiger partial charge is 0.306 e. The molecule has 0 aromatic heterocycles. The number of esters is 1. The van der Waals surface area contributed by atoms with Crippen molar-refractivity contribution in [3.05, 3.63) is 59.1 Å². The van der Waals surface area contributed by atoms with Gasteiger partial charge in [-0.05, 0) is 30.2 Å². The van der Waals surface area contributed by atoms with E-state index in [2.05, 4.69) is 5.32 Å². The van der Waals surface area contributed by atoms with E-state index in [0.717, 1.165) is 5.56 Å². The van der Waals surface area contributed by atoms with Gasteiger partial charge in [-0.25, -0.2) is 0 Å². The van der Waals surface area contributed by atoms with Gasteiger partial charge < -0.3 is 14.8 Å². The molecule has 2 aromatic rings. The number of hydrogen-bond acceptors (Lipinski definition) is 4. The lowest BCUT2D eigenvalue weighted by Crippen LogP contribution is -2.21. The molecule has 0 heterocycles. The summed E-state index contributed by atoms with van der Waals surface area (Å²) in [7, 11) is 1.51. The molecule has 0 atom stereocenters. The van der Waals surface area contributed by atoms with Gasteiger partial charge in [0, 0.05) is 12.1 Å². The zero-order valence-corrected chi connectivity index (χ0v) is 14.0. The summed E-state index contributed by atoms with van der Waals surface area (Å²) >= 11 is 5.98. The maximum Gasteiger partial charge on any atom is 0.306 e. The topological polar surface area (TPSA) is 64.6 Å². The quantitative estimate of drug-likeness (QED) is 0.779. The van der Waals surface area contributed by atoms with E-state index in [9.17, 15) is 9.59 Å². The van der Waals surface area contributed by atoms with E-state index >= 15 is 0 Å². The van der Waals surface area contributed by atoms with Gasteiger partial charge in [0.05, 0.1) is 12.1 Å². The summed E-state index contributed by atoms with van der Waals surface area (Å²) in [6.07, 6.45) is 0.807. The van der Waals surface area contributed by atoms with Gasteiger partial charge in [-0.2, -0.15) is 0 Å². The molecule has 0 aliphatic rings. The Balaban J connectivity index is 1.74. The highest BCUT2D eigenvalue weighted by Crippen LogP contribution is 2.27. The number of halogens is 1. The maximum absolute atomic E-state index is 11.8. The van der Waals surface area contributed by atoms with Gasteiger partial charge in [-0.3, -0.25) is 9.59 Å². The van der Waals surface area contributed by atoms with Crippen molar-refractivity contribution in [1.29, 1.82) is 0 Å². The van der Waals surface area contributed by atoms with E-state index in [1.165, 1.54) is 7.11 Å². The Morgan fingerprint density at radius 2 is 1.88 bits per heavy atom. The second-order valence-electron chi connectivity index (χ2n) is 5.04. The number of nitrogens with one attached hydrogen (secondary N) is 1. The first-order chi connectivity index (χ1) is 11.6. The van der Waals surface area contributed by atoms with Gasteiger partial charge >= 0.3 is 5.97 Å². The molecule has 5 nitrogen and oxygen atoms in total. The number of hydrogen-bond donors (Lipinski definition) is 1. The summed E-state index contributed by atoms with van der Waals surface area (Å²) in [6, 6.07) is 14.5. The van der Waals surface area contributed by atoms with Crippen LogP contribution in [0.1, 0.15) is 12.0 Å². The third-order valence-corrected chi connectivity index (χ3v) is 3.56. The number of benzene rings is 2. The fraction of sp³-hybridized carbons (Fsp3) is 0.222. The number of carbonyl (C=O) groups is 2. The Kier molecular flexibility index (Phi) is 6.63. The number of carbonyl (C=O) groups excluding carboxylic acids is 2. The number of anilines is 1. The molecule has 2 aromatic carbocycles. The lowest BCUT2D eigenvalue weighted by Gasteiger charge is -2.08. The van der Waals surface area contributed by atoms with E-state index in [1.807, 2.05) is 30.3 Å². The molecular formula is C18H18ClNO4. The Morgan fingerprint density at radius 1 is 1.12 bits per heavy atom. The van der Waals surface area contributed by atoms with Crippen LogP contribution in [0, 0.1) is 0 Å².